The number of fused-ring (bicyclic) bond motifs is 1. The van der Waals surface area contributed by atoms with Crippen LogP contribution in [0.25, 0.3) is 0 Å². The van der Waals surface area contributed by atoms with E-state index < -0.39 is 0 Å². The van der Waals surface area contributed by atoms with E-state index in [1.807, 2.05) is 6.92 Å². The van der Waals surface area contributed by atoms with Crippen LogP contribution in [0.3, 0.4) is 0 Å². The van der Waals surface area contributed by atoms with Crippen LogP contribution in [0.2, 0.25) is 0 Å². The Morgan fingerprint density at radius 3 is 2.61 bits per heavy atom. The summed E-state index contributed by atoms with van der Waals surface area (Å²) in [7, 11) is 0. The van der Waals surface area contributed by atoms with Crippen LogP contribution in [0.1, 0.15) is 21.5 Å². The number of nitriles is 1. The van der Waals surface area contributed by atoms with Crippen molar-refractivity contribution in [3.05, 3.63) is 51.5 Å². The van der Waals surface area contributed by atoms with Crippen molar-refractivity contribution in [2.45, 2.75) is 6.92 Å². The summed E-state index contributed by atoms with van der Waals surface area (Å²) in [6, 6.07) is 10.6. The highest BCUT2D eigenvalue weighted by molar-refractivity contribution is 9.10. The molecule has 5 nitrogen and oxygen atoms in total. The fourth-order valence-corrected chi connectivity index (χ4v) is 2.76. The minimum atomic E-state index is -0.285. The number of nitrogens with one attached hydrogen (secondary N) is 1. The Morgan fingerprint density at radius 1 is 1.22 bits per heavy atom. The number of benzene rings is 2. The number of nitrogens with zero attached hydrogens (tertiary/aromatic N) is 1. The van der Waals surface area contributed by atoms with Crippen LogP contribution < -0.4 is 14.8 Å². The molecule has 1 N–H and O–H groups in total. The molecule has 1 amide bonds. The van der Waals surface area contributed by atoms with Gasteiger partial charge in [-0.2, -0.15) is 5.26 Å². The fraction of sp³-hybridized carbons (Fsp3) is 0.176. The van der Waals surface area contributed by atoms with Crippen molar-refractivity contribution < 1.29 is 14.3 Å². The Morgan fingerprint density at radius 2 is 1.91 bits per heavy atom. The lowest BCUT2D eigenvalue weighted by Crippen LogP contribution is -2.18. The molecule has 0 bridgehead atoms. The van der Waals surface area contributed by atoms with Crippen molar-refractivity contribution in [1.82, 2.24) is 0 Å². The second-order valence-corrected chi connectivity index (χ2v) is 5.93. The molecule has 0 aromatic heterocycles. The van der Waals surface area contributed by atoms with Crippen LogP contribution in [0.15, 0.2) is 34.8 Å². The fourth-order valence-electron chi connectivity index (χ4n) is 2.25. The summed E-state index contributed by atoms with van der Waals surface area (Å²) in [6.45, 7) is 2.82. The zero-order valence-electron chi connectivity index (χ0n) is 12.4. The summed E-state index contributed by atoms with van der Waals surface area (Å²) >= 11 is 3.39. The molecule has 0 spiro atoms. The Balaban J connectivity index is 1.91. The van der Waals surface area contributed by atoms with Gasteiger partial charge in [-0.3, -0.25) is 4.79 Å². The molecular formula is C17H13BrN2O3. The molecule has 0 atom stereocenters. The first-order valence-electron chi connectivity index (χ1n) is 7.00. The van der Waals surface area contributed by atoms with Gasteiger partial charge in [-0.25, -0.2) is 0 Å². The maximum atomic E-state index is 12.6. The number of rotatable bonds is 2. The molecule has 3 rings (SSSR count). The zero-order valence-corrected chi connectivity index (χ0v) is 13.9. The third kappa shape index (κ3) is 3.15. The van der Waals surface area contributed by atoms with E-state index >= 15 is 0 Å². The Hall–Kier alpha value is -2.52. The molecule has 0 aliphatic carbocycles. The van der Waals surface area contributed by atoms with Gasteiger partial charge in [-0.1, -0.05) is 6.07 Å². The van der Waals surface area contributed by atoms with Gasteiger partial charge < -0.3 is 14.8 Å². The van der Waals surface area contributed by atoms with Crippen molar-refractivity contribution in [2.75, 3.05) is 18.5 Å². The van der Waals surface area contributed by atoms with E-state index in [1.54, 1.807) is 30.3 Å². The molecule has 23 heavy (non-hydrogen) atoms. The molecule has 1 heterocycles. The van der Waals surface area contributed by atoms with Gasteiger partial charge in [0.05, 0.1) is 17.2 Å². The van der Waals surface area contributed by atoms with Crippen LogP contribution in [0, 0.1) is 18.3 Å². The summed E-state index contributed by atoms with van der Waals surface area (Å²) in [5.74, 6) is 0.876. The monoisotopic (exact) mass is 372 g/mol. The highest BCUT2D eigenvalue weighted by Crippen LogP contribution is 2.35. The molecule has 116 valence electrons. The van der Waals surface area contributed by atoms with Crippen molar-refractivity contribution in [2.24, 2.45) is 0 Å². The highest BCUT2D eigenvalue weighted by atomic mass is 79.9. The van der Waals surface area contributed by atoms with E-state index in [-0.39, 0.29) is 5.91 Å². The average Bonchev–Trinajstić information content (AvgIpc) is 2.56. The van der Waals surface area contributed by atoms with Crippen LogP contribution in [-0.4, -0.2) is 19.1 Å². The summed E-state index contributed by atoms with van der Waals surface area (Å²) < 4.78 is 11.6. The van der Waals surface area contributed by atoms with Crippen molar-refractivity contribution >= 4 is 27.5 Å². The standard InChI is InChI=1S/C17H13BrN2O3/c1-10-2-3-11(9-19)6-14(10)20-17(21)12-7-15-16(8-13(12)18)23-5-4-22-15/h2-3,6-8H,4-5H2,1H3,(H,20,21). The third-order valence-corrected chi connectivity index (χ3v) is 4.15. The molecule has 1 aliphatic rings. The van der Waals surface area contributed by atoms with E-state index in [1.165, 1.54) is 0 Å². The lowest BCUT2D eigenvalue weighted by atomic mass is 10.1. The van der Waals surface area contributed by atoms with Gasteiger partial charge in [0.2, 0.25) is 0 Å². The Kier molecular flexibility index (Phi) is 4.22. The Bertz CT molecular complexity index is 827. The van der Waals surface area contributed by atoms with Gasteiger partial charge in [0, 0.05) is 10.2 Å². The minimum Gasteiger partial charge on any atom is -0.486 e. The van der Waals surface area contributed by atoms with E-state index in [0.717, 1.165) is 5.56 Å². The second-order valence-electron chi connectivity index (χ2n) is 5.07. The maximum Gasteiger partial charge on any atom is 0.256 e. The van der Waals surface area contributed by atoms with Gasteiger partial charge in [-0.05, 0) is 52.7 Å². The molecule has 0 fully saturated rings. The molecule has 6 heteroatoms. The number of amides is 1. The minimum absolute atomic E-state index is 0.285. The number of hydrogen-bond donors (Lipinski definition) is 1. The average molecular weight is 373 g/mol. The SMILES string of the molecule is Cc1ccc(C#N)cc1NC(=O)c1cc2c(cc1Br)OCCO2. The number of anilines is 1. The zero-order chi connectivity index (χ0) is 16.4. The molecule has 0 unspecified atom stereocenters. The molecule has 2 aromatic carbocycles. The lowest BCUT2D eigenvalue weighted by molar-refractivity contribution is 0.102. The largest absolute Gasteiger partial charge is 0.486 e. The molecular weight excluding hydrogens is 360 g/mol. The number of hydrogen-bond acceptors (Lipinski definition) is 4. The number of carbonyl (C=O) groups is 1. The summed E-state index contributed by atoms with van der Waals surface area (Å²) in [5, 5.41) is 11.8. The normalized spacial score (nSPS) is 12.4. The smallest absolute Gasteiger partial charge is 0.256 e. The van der Waals surface area contributed by atoms with Crippen molar-refractivity contribution in [3.63, 3.8) is 0 Å². The van der Waals surface area contributed by atoms with Crippen molar-refractivity contribution in [1.29, 1.82) is 5.26 Å². The number of carbonyl (C=O) groups excluding carboxylic acids is 1. The highest BCUT2D eigenvalue weighted by Gasteiger charge is 2.19. The van der Waals surface area contributed by atoms with Crippen LogP contribution in [-0.2, 0) is 0 Å². The lowest BCUT2D eigenvalue weighted by Gasteiger charge is -2.20. The molecule has 1 aliphatic heterocycles. The predicted molar refractivity (Wildman–Crippen MR) is 89.0 cm³/mol. The topological polar surface area (TPSA) is 71.4 Å². The molecule has 0 radical (unpaired) electrons. The molecule has 2 aromatic rings. The summed E-state index contributed by atoms with van der Waals surface area (Å²) in [5.41, 5.74) is 2.42. The summed E-state index contributed by atoms with van der Waals surface area (Å²) in [6.07, 6.45) is 0. The second kappa shape index (κ2) is 6.31. The van der Waals surface area contributed by atoms with Gasteiger partial charge in [0.25, 0.3) is 5.91 Å². The van der Waals surface area contributed by atoms with Gasteiger partial charge >= 0.3 is 0 Å². The van der Waals surface area contributed by atoms with Gasteiger partial charge in [-0.15, -0.1) is 0 Å². The first kappa shape index (κ1) is 15.4. The van der Waals surface area contributed by atoms with E-state index in [4.69, 9.17) is 14.7 Å². The first-order valence-corrected chi connectivity index (χ1v) is 7.79. The third-order valence-electron chi connectivity index (χ3n) is 3.49. The van der Waals surface area contributed by atoms with Crippen LogP contribution in [0.5, 0.6) is 11.5 Å². The first-order chi connectivity index (χ1) is 11.1. The summed E-state index contributed by atoms with van der Waals surface area (Å²) in [4.78, 5) is 12.6. The van der Waals surface area contributed by atoms with E-state index in [2.05, 4.69) is 27.3 Å². The number of halogens is 1. The quantitative estimate of drug-likeness (QED) is 0.872. The van der Waals surface area contributed by atoms with E-state index in [9.17, 15) is 4.79 Å². The van der Waals surface area contributed by atoms with Gasteiger partial charge in [0.1, 0.15) is 13.2 Å². The van der Waals surface area contributed by atoms with Crippen LogP contribution in [0.4, 0.5) is 5.69 Å². The number of ether oxygens (including phenoxy) is 2. The molecule has 0 saturated heterocycles. The maximum absolute atomic E-state index is 12.6. The van der Waals surface area contributed by atoms with Gasteiger partial charge in [0.15, 0.2) is 11.5 Å². The number of aryl methyl sites for hydroxylation is 1. The van der Waals surface area contributed by atoms with Crippen LogP contribution >= 0.6 is 15.9 Å². The van der Waals surface area contributed by atoms with Crippen molar-refractivity contribution in [3.8, 4) is 17.6 Å². The Labute approximate surface area is 142 Å². The molecule has 0 saturated carbocycles. The predicted octanol–water partition coefficient (Wildman–Crippen LogP) is 3.65. The van der Waals surface area contributed by atoms with E-state index in [0.29, 0.717) is 46.0 Å².